The minimum Gasteiger partial charge on any atom is -0.379 e. The highest BCUT2D eigenvalue weighted by Gasteiger charge is 2.63. The molecule has 2 aliphatic heterocycles. The maximum Gasteiger partial charge on any atom is 0.168 e. The van der Waals surface area contributed by atoms with Crippen molar-refractivity contribution in [2.24, 2.45) is 0 Å². The Labute approximate surface area is 235 Å². The molecule has 0 amide bonds. The van der Waals surface area contributed by atoms with E-state index in [1.165, 1.54) is 5.56 Å². The lowest BCUT2D eigenvalue weighted by Crippen LogP contribution is -2.51. The summed E-state index contributed by atoms with van der Waals surface area (Å²) in [5.41, 5.74) is 4.70. The monoisotopic (exact) mass is 547 g/mol. The van der Waals surface area contributed by atoms with Crippen LogP contribution in [0, 0.1) is 0 Å². The van der Waals surface area contributed by atoms with Gasteiger partial charge in [0.1, 0.15) is 23.9 Å². The normalized spacial score (nSPS) is 24.9. The summed E-state index contributed by atoms with van der Waals surface area (Å²) in [7, 11) is -1.84. The maximum atomic E-state index is 6.91. The number of rotatable bonds is 12. The Balaban J connectivity index is 1.40. The van der Waals surface area contributed by atoms with Gasteiger partial charge < -0.3 is 23.2 Å². The van der Waals surface area contributed by atoms with E-state index in [-0.39, 0.29) is 18.3 Å². The topological polar surface area (TPSA) is 41.9 Å². The summed E-state index contributed by atoms with van der Waals surface area (Å²) in [6, 6.07) is 22.9. The second-order valence-electron chi connectivity index (χ2n) is 12.3. The Morgan fingerprint density at radius 3 is 2.03 bits per heavy atom. The van der Waals surface area contributed by atoms with Crippen LogP contribution in [0.1, 0.15) is 64.3 Å². The third-order valence-corrected chi connectivity index (χ3v) is 15.7. The smallest absolute Gasteiger partial charge is 0.168 e. The number of ether oxygens (including phenoxy) is 4. The fraction of sp³-hybridized carbons (Fsp3) is 0.515. The molecule has 1 aromatic heterocycles. The number of fused-ring (bicyclic) bond motifs is 2. The average molecular weight is 548 g/mol. The first kappa shape index (κ1) is 28.3. The van der Waals surface area contributed by atoms with Crippen molar-refractivity contribution in [1.29, 1.82) is 0 Å². The predicted octanol–water partition coefficient (Wildman–Crippen LogP) is 7.52. The lowest BCUT2D eigenvalue weighted by molar-refractivity contribution is -0.176. The summed E-state index contributed by atoms with van der Waals surface area (Å²) in [5, 5.41) is 0. The van der Waals surface area contributed by atoms with Crippen LogP contribution >= 0.6 is 0 Å². The van der Waals surface area contributed by atoms with Gasteiger partial charge in [-0.1, -0.05) is 102 Å². The Morgan fingerprint density at radius 1 is 0.846 bits per heavy atom. The van der Waals surface area contributed by atoms with Crippen molar-refractivity contribution in [1.82, 2.24) is 4.23 Å². The number of aromatic nitrogens is 1. The molecule has 3 aromatic rings. The minimum absolute atomic E-state index is 0.168. The SMILES string of the molecule is CC(C)[Si](C(C)C)(C(C)C)n1ccc([C@@H]2O[C@@]3(COCc4ccccc4)CO[C@@H]2[C@@H]3OCc2ccccc2)c1. The molecule has 0 unspecified atom stereocenters. The summed E-state index contributed by atoms with van der Waals surface area (Å²) in [6.45, 7) is 16.4. The number of benzene rings is 2. The van der Waals surface area contributed by atoms with Gasteiger partial charge in [0.05, 0.1) is 26.4 Å². The molecular weight excluding hydrogens is 502 g/mol. The molecule has 39 heavy (non-hydrogen) atoms. The van der Waals surface area contributed by atoms with Crippen LogP contribution in [-0.2, 0) is 32.2 Å². The Bertz CT molecular complexity index is 1170. The fourth-order valence-corrected chi connectivity index (χ4v) is 13.9. The molecule has 2 saturated heterocycles. The first-order valence-electron chi connectivity index (χ1n) is 14.5. The highest BCUT2D eigenvalue weighted by atomic mass is 28.3. The van der Waals surface area contributed by atoms with Crippen molar-refractivity contribution in [3.05, 3.63) is 95.8 Å². The zero-order chi connectivity index (χ0) is 27.6. The third-order valence-electron chi connectivity index (χ3n) is 8.99. The zero-order valence-electron chi connectivity index (χ0n) is 24.4. The van der Waals surface area contributed by atoms with E-state index in [9.17, 15) is 0 Å². The van der Waals surface area contributed by atoms with E-state index in [0.29, 0.717) is 43.1 Å². The molecule has 0 aliphatic carbocycles. The Kier molecular flexibility index (Phi) is 8.50. The lowest BCUT2D eigenvalue weighted by Gasteiger charge is -2.44. The van der Waals surface area contributed by atoms with Crippen molar-refractivity contribution in [2.75, 3.05) is 13.2 Å². The summed E-state index contributed by atoms with van der Waals surface area (Å²) in [5.74, 6) is 0. The molecule has 2 bridgehead atoms. The molecule has 0 radical (unpaired) electrons. The molecule has 210 valence electrons. The van der Waals surface area contributed by atoms with Crippen LogP contribution in [0.2, 0.25) is 16.6 Å². The van der Waals surface area contributed by atoms with Crippen molar-refractivity contribution in [2.45, 2.75) is 95.3 Å². The molecule has 0 N–H and O–H groups in total. The van der Waals surface area contributed by atoms with Gasteiger partial charge in [0, 0.05) is 11.8 Å². The first-order valence-corrected chi connectivity index (χ1v) is 16.7. The predicted molar refractivity (Wildman–Crippen MR) is 158 cm³/mol. The van der Waals surface area contributed by atoms with Crippen LogP contribution in [0.15, 0.2) is 79.1 Å². The third kappa shape index (κ3) is 5.30. The summed E-state index contributed by atoms with van der Waals surface area (Å²) >= 11 is 0. The van der Waals surface area contributed by atoms with Crippen LogP contribution < -0.4 is 0 Å². The van der Waals surface area contributed by atoms with Crippen molar-refractivity contribution in [3.8, 4) is 0 Å². The van der Waals surface area contributed by atoms with Crippen LogP contribution in [0.25, 0.3) is 0 Å². The quantitative estimate of drug-likeness (QED) is 0.220. The van der Waals surface area contributed by atoms with E-state index in [1.54, 1.807) is 0 Å². The van der Waals surface area contributed by atoms with E-state index in [0.717, 1.165) is 11.1 Å². The molecule has 6 heteroatoms. The van der Waals surface area contributed by atoms with Crippen LogP contribution in [0.3, 0.4) is 0 Å². The summed E-state index contributed by atoms with van der Waals surface area (Å²) in [6.07, 6.45) is 4.10. The highest BCUT2D eigenvalue weighted by molar-refractivity contribution is 6.82. The van der Waals surface area contributed by atoms with Crippen LogP contribution in [-0.4, -0.2) is 43.5 Å². The second-order valence-corrected chi connectivity index (χ2v) is 18.0. The van der Waals surface area contributed by atoms with Crippen molar-refractivity contribution >= 4 is 8.24 Å². The molecule has 2 fully saturated rings. The molecule has 4 atom stereocenters. The van der Waals surface area contributed by atoms with E-state index in [1.807, 2.05) is 36.4 Å². The van der Waals surface area contributed by atoms with Gasteiger partial charge in [-0.3, -0.25) is 0 Å². The first-order chi connectivity index (χ1) is 18.8. The molecule has 5 rings (SSSR count). The number of hydrogen-bond acceptors (Lipinski definition) is 4. The lowest BCUT2D eigenvalue weighted by atomic mass is 9.98. The second kappa shape index (κ2) is 11.7. The molecular formula is C33H45NO4Si. The highest BCUT2D eigenvalue weighted by Crippen LogP contribution is 2.50. The van der Waals surface area contributed by atoms with Crippen molar-refractivity contribution in [3.63, 3.8) is 0 Å². The van der Waals surface area contributed by atoms with Gasteiger partial charge in [0.25, 0.3) is 0 Å². The van der Waals surface area contributed by atoms with Gasteiger partial charge in [-0.2, -0.15) is 0 Å². The largest absolute Gasteiger partial charge is 0.379 e. The van der Waals surface area contributed by atoms with Gasteiger partial charge in [-0.25, -0.2) is 0 Å². The molecule has 2 aliphatic rings. The Morgan fingerprint density at radius 2 is 1.44 bits per heavy atom. The Hall–Kier alpha value is -2.22. The molecule has 5 nitrogen and oxygen atoms in total. The van der Waals surface area contributed by atoms with E-state index in [4.69, 9.17) is 18.9 Å². The van der Waals surface area contributed by atoms with Gasteiger partial charge in [-0.15, -0.1) is 0 Å². The molecule has 3 heterocycles. The number of hydrogen-bond donors (Lipinski definition) is 0. The van der Waals surface area contributed by atoms with E-state index >= 15 is 0 Å². The molecule has 0 spiro atoms. The van der Waals surface area contributed by atoms with Gasteiger partial charge in [0.2, 0.25) is 0 Å². The zero-order valence-corrected chi connectivity index (χ0v) is 25.4. The van der Waals surface area contributed by atoms with Gasteiger partial charge >= 0.3 is 0 Å². The van der Waals surface area contributed by atoms with E-state index < -0.39 is 13.8 Å². The molecule has 2 aromatic carbocycles. The van der Waals surface area contributed by atoms with Crippen molar-refractivity contribution < 1.29 is 18.9 Å². The standard InChI is InChI=1S/C33H45NO4Si/c1-24(2)39(25(3)4,26(5)6)34-18-17-29(19-34)30-31-32(36-21-28-15-11-8-12-16-28)33(38-30,23-37-31)22-35-20-27-13-9-7-10-14-27/h7-19,24-26,30-32H,20-23H2,1-6H3/t30-,31-,32-,33-/m0/s1. The van der Waals surface area contributed by atoms with E-state index in [2.05, 4.69) is 88.5 Å². The fourth-order valence-electron chi connectivity index (χ4n) is 7.43. The summed E-state index contributed by atoms with van der Waals surface area (Å²) < 4.78 is 28.8. The molecule has 0 saturated carbocycles. The van der Waals surface area contributed by atoms with Crippen LogP contribution in [0.4, 0.5) is 0 Å². The average Bonchev–Trinajstić information content (AvgIpc) is 3.61. The summed E-state index contributed by atoms with van der Waals surface area (Å²) in [4.78, 5) is 0. The maximum absolute atomic E-state index is 6.91. The minimum atomic E-state index is -1.84. The van der Waals surface area contributed by atoms with Crippen LogP contribution in [0.5, 0.6) is 0 Å². The van der Waals surface area contributed by atoms with Gasteiger partial charge in [0.15, 0.2) is 8.24 Å². The number of nitrogens with zero attached hydrogens (tertiary/aromatic N) is 1. The van der Waals surface area contributed by atoms with Gasteiger partial charge in [-0.05, 0) is 40.0 Å².